The molecule has 1 saturated carbocycles. The molecule has 1 aliphatic heterocycles. The first-order chi connectivity index (χ1) is 9.20. The highest BCUT2D eigenvalue weighted by atomic mass is 32.2. The molecular formula is C14H17F2NS2. The Hall–Kier alpha value is -0.260. The van der Waals surface area contributed by atoms with Gasteiger partial charge in [0.15, 0.2) is 0 Å². The minimum Gasteiger partial charge on any atom is -0.303 e. The first-order valence-electron chi connectivity index (χ1n) is 6.58. The number of hydrogen-bond donors (Lipinski definition) is 1. The summed E-state index contributed by atoms with van der Waals surface area (Å²) in [5.41, 5.74) is 0.189. The Bertz CT molecular complexity index is 455. The quantitative estimate of drug-likeness (QED) is 0.919. The van der Waals surface area contributed by atoms with Crippen molar-refractivity contribution < 1.29 is 8.78 Å². The van der Waals surface area contributed by atoms with Crippen LogP contribution in [0.3, 0.4) is 0 Å². The van der Waals surface area contributed by atoms with Gasteiger partial charge in [0.1, 0.15) is 11.6 Å². The zero-order chi connectivity index (χ0) is 13.3. The van der Waals surface area contributed by atoms with E-state index in [1.165, 1.54) is 29.7 Å². The van der Waals surface area contributed by atoms with Gasteiger partial charge in [0, 0.05) is 40.2 Å². The van der Waals surface area contributed by atoms with Crippen molar-refractivity contribution in [3.05, 3.63) is 35.4 Å². The fraction of sp³-hybridized carbons (Fsp3) is 0.571. The van der Waals surface area contributed by atoms with Crippen molar-refractivity contribution >= 4 is 23.5 Å². The van der Waals surface area contributed by atoms with Gasteiger partial charge in [0.2, 0.25) is 0 Å². The van der Waals surface area contributed by atoms with Crippen LogP contribution in [0.25, 0.3) is 0 Å². The predicted octanol–water partition coefficient (Wildman–Crippen LogP) is 3.39. The van der Waals surface area contributed by atoms with Gasteiger partial charge in [-0.2, -0.15) is 23.5 Å². The third kappa shape index (κ3) is 3.09. The van der Waals surface area contributed by atoms with E-state index in [1.54, 1.807) is 0 Å². The van der Waals surface area contributed by atoms with Crippen molar-refractivity contribution in [1.29, 1.82) is 0 Å². The molecule has 1 aromatic carbocycles. The molecule has 0 unspecified atom stereocenters. The first kappa shape index (κ1) is 13.7. The van der Waals surface area contributed by atoms with Crippen LogP contribution in [0.2, 0.25) is 0 Å². The van der Waals surface area contributed by atoms with Crippen LogP contribution in [0.1, 0.15) is 18.4 Å². The molecular weight excluding hydrogens is 284 g/mol. The Morgan fingerprint density at radius 3 is 2.42 bits per heavy atom. The van der Waals surface area contributed by atoms with Gasteiger partial charge in [-0.15, -0.1) is 0 Å². The number of halogens is 2. The van der Waals surface area contributed by atoms with Gasteiger partial charge < -0.3 is 5.32 Å². The van der Waals surface area contributed by atoms with E-state index in [4.69, 9.17) is 0 Å². The Kier molecular flexibility index (Phi) is 4.06. The monoisotopic (exact) mass is 301 g/mol. The van der Waals surface area contributed by atoms with Crippen LogP contribution in [-0.2, 0) is 5.54 Å². The highest BCUT2D eigenvalue weighted by Gasteiger charge is 2.47. The smallest absolute Gasteiger partial charge is 0.128 e. The molecule has 19 heavy (non-hydrogen) atoms. The molecule has 1 N–H and O–H groups in total. The Balaban J connectivity index is 1.77. The van der Waals surface area contributed by atoms with E-state index in [0.29, 0.717) is 11.6 Å². The van der Waals surface area contributed by atoms with E-state index in [1.807, 2.05) is 23.5 Å². The molecule has 2 aliphatic rings. The topological polar surface area (TPSA) is 12.0 Å². The van der Waals surface area contributed by atoms with Gasteiger partial charge in [0.25, 0.3) is 0 Å². The Morgan fingerprint density at radius 1 is 1.11 bits per heavy atom. The van der Waals surface area contributed by atoms with Crippen LogP contribution in [0.4, 0.5) is 8.78 Å². The molecule has 0 amide bonds. The third-order valence-electron chi connectivity index (χ3n) is 3.68. The highest BCUT2D eigenvalue weighted by molar-refractivity contribution is 8.03. The summed E-state index contributed by atoms with van der Waals surface area (Å²) >= 11 is 3.89. The predicted molar refractivity (Wildman–Crippen MR) is 78.8 cm³/mol. The number of rotatable bonds is 3. The second-order valence-electron chi connectivity index (χ2n) is 5.20. The van der Waals surface area contributed by atoms with E-state index in [0.717, 1.165) is 24.3 Å². The van der Waals surface area contributed by atoms with E-state index < -0.39 is 0 Å². The zero-order valence-electron chi connectivity index (χ0n) is 10.6. The van der Waals surface area contributed by atoms with Crippen LogP contribution in [-0.4, -0.2) is 29.1 Å². The molecule has 2 fully saturated rings. The van der Waals surface area contributed by atoms with Crippen molar-refractivity contribution in [2.24, 2.45) is 0 Å². The molecule has 0 atom stereocenters. The molecule has 1 aliphatic carbocycles. The van der Waals surface area contributed by atoms with Crippen molar-refractivity contribution in [3.8, 4) is 0 Å². The summed E-state index contributed by atoms with van der Waals surface area (Å²) in [6, 6.07) is 4.17. The average Bonchev–Trinajstić information content (AvgIpc) is 3.19. The molecule has 1 saturated heterocycles. The summed E-state index contributed by atoms with van der Waals surface area (Å²) in [5, 5.41) is 3.58. The third-order valence-corrected chi connectivity index (χ3v) is 6.20. The average molecular weight is 301 g/mol. The molecule has 1 heterocycles. The Labute approximate surface area is 120 Å². The summed E-state index contributed by atoms with van der Waals surface area (Å²) in [5.74, 6) is 3.85. The molecule has 0 radical (unpaired) electrons. The number of hydrogen-bond acceptors (Lipinski definition) is 3. The summed E-state index contributed by atoms with van der Waals surface area (Å²) in [4.78, 5) is 0. The lowest BCUT2D eigenvalue weighted by Gasteiger charge is -2.25. The normalized spacial score (nSPS) is 23.1. The van der Waals surface area contributed by atoms with Gasteiger partial charge >= 0.3 is 0 Å². The standard InChI is InChI=1S/C14H17F2NS2/c15-10-1-2-13(16)12(7-10)14(3-4-14)17-11-8-18-5-6-19-9-11/h1-2,7,11,17H,3-6,8-9H2. The van der Waals surface area contributed by atoms with Gasteiger partial charge in [-0.1, -0.05) is 0 Å². The molecule has 0 bridgehead atoms. The summed E-state index contributed by atoms with van der Waals surface area (Å²) in [6.07, 6.45) is 1.80. The van der Waals surface area contributed by atoms with Crippen LogP contribution in [0.5, 0.6) is 0 Å². The molecule has 1 nitrogen and oxygen atoms in total. The summed E-state index contributed by atoms with van der Waals surface area (Å²) in [6.45, 7) is 0. The Morgan fingerprint density at radius 2 is 1.79 bits per heavy atom. The van der Waals surface area contributed by atoms with Crippen molar-refractivity contribution in [2.75, 3.05) is 23.0 Å². The van der Waals surface area contributed by atoms with Gasteiger partial charge in [0.05, 0.1) is 0 Å². The molecule has 5 heteroatoms. The van der Waals surface area contributed by atoms with Crippen LogP contribution in [0.15, 0.2) is 18.2 Å². The number of benzene rings is 1. The minimum atomic E-state index is -0.353. The first-order valence-corrected chi connectivity index (χ1v) is 8.89. The molecule has 3 rings (SSSR count). The van der Waals surface area contributed by atoms with Gasteiger partial charge in [-0.25, -0.2) is 8.78 Å². The summed E-state index contributed by atoms with van der Waals surface area (Å²) < 4.78 is 27.3. The second-order valence-corrected chi connectivity index (χ2v) is 7.50. The maximum atomic E-state index is 13.9. The fourth-order valence-corrected chi connectivity index (χ4v) is 4.97. The van der Waals surface area contributed by atoms with E-state index in [9.17, 15) is 8.78 Å². The summed E-state index contributed by atoms with van der Waals surface area (Å²) in [7, 11) is 0. The molecule has 0 spiro atoms. The zero-order valence-corrected chi connectivity index (χ0v) is 12.3. The second kappa shape index (κ2) is 5.62. The largest absolute Gasteiger partial charge is 0.303 e. The molecule has 104 valence electrons. The molecule has 0 aromatic heterocycles. The SMILES string of the molecule is Fc1ccc(F)c(C2(NC3CSCCSC3)CC2)c1. The van der Waals surface area contributed by atoms with Crippen LogP contribution < -0.4 is 5.32 Å². The fourth-order valence-electron chi connectivity index (χ4n) is 2.57. The van der Waals surface area contributed by atoms with Crippen molar-refractivity contribution in [1.82, 2.24) is 5.32 Å². The number of thioether (sulfide) groups is 2. The van der Waals surface area contributed by atoms with Crippen LogP contribution >= 0.6 is 23.5 Å². The van der Waals surface area contributed by atoms with E-state index in [2.05, 4.69) is 5.32 Å². The van der Waals surface area contributed by atoms with Crippen molar-refractivity contribution in [2.45, 2.75) is 24.4 Å². The minimum absolute atomic E-state index is 0.291. The van der Waals surface area contributed by atoms with E-state index in [-0.39, 0.29) is 17.2 Å². The van der Waals surface area contributed by atoms with E-state index >= 15 is 0 Å². The van der Waals surface area contributed by atoms with Gasteiger partial charge in [-0.05, 0) is 31.0 Å². The van der Waals surface area contributed by atoms with Gasteiger partial charge in [-0.3, -0.25) is 0 Å². The number of nitrogens with one attached hydrogen (secondary N) is 1. The maximum absolute atomic E-state index is 13.9. The van der Waals surface area contributed by atoms with Crippen molar-refractivity contribution in [3.63, 3.8) is 0 Å². The highest BCUT2D eigenvalue weighted by Crippen LogP contribution is 2.47. The lowest BCUT2D eigenvalue weighted by Crippen LogP contribution is -2.41. The maximum Gasteiger partial charge on any atom is 0.128 e. The lowest BCUT2D eigenvalue weighted by atomic mass is 10.0. The molecule has 1 aromatic rings. The lowest BCUT2D eigenvalue weighted by molar-refractivity contribution is 0.445. The van der Waals surface area contributed by atoms with Crippen LogP contribution in [0, 0.1) is 11.6 Å².